The Kier molecular flexibility index (Phi) is 4.83. The molecule has 96 valence electrons. The van der Waals surface area contributed by atoms with Crippen molar-refractivity contribution in [1.29, 1.82) is 0 Å². The van der Waals surface area contributed by atoms with E-state index >= 15 is 0 Å². The molecule has 0 spiro atoms. The average Bonchev–Trinajstić information content (AvgIpc) is 2.20. The van der Waals surface area contributed by atoms with Crippen LogP contribution in [0.4, 0.5) is 13.2 Å². The van der Waals surface area contributed by atoms with Crippen LogP contribution in [-0.2, 0) is 0 Å². The Hall–Kier alpha value is -0.740. The molecule has 0 aliphatic heterocycles. The van der Waals surface area contributed by atoms with Gasteiger partial charge in [-0.05, 0) is 37.0 Å². The summed E-state index contributed by atoms with van der Waals surface area (Å²) < 4.78 is 35.8. The van der Waals surface area contributed by atoms with Crippen molar-refractivity contribution < 1.29 is 18.3 Å². The van der Waals surface area contributed by atoms with Gasteiger partial charge in [-0.2, -0.15) is 13.2 Å². The molecule has 1 unspecified atom stereocenters. The summed E-state index contributed by atoms with van der Waals surface area (Å²) in [6.07, 6.45) is -5.93. The zero-order valence-electron chi connectivity index (χ0n) is 9.39. The standard InChI is InChI=1S/C12H14ClF3O/c1-8-9(4-2-5-10(8)13)11(17)6-3-7-12(14,15)16/h2,4-5,11,17H,3,6-7H2,1H3. The van der Waals surface area contributed by atoms with Crippen LogP contribution >= 0.6 is 11.6 Å². The molecule has 0 aliphatic carbocycles. The van der Waals surface area contributed by atoms with E-state index < -0.39 is 18.7 Å². The van der Waals surface area contributed by atoms with Gasteiger partial charge in [0, 0.05) is 11.4 Å². The van der Waals surface area contributed by atoms with Gasteiger partial charge in [0.2, 0.25) is 0 Å². The van der Waals surface area contributed by atoms with Gasteiger partial charge in [-0.1, -0.05) is 23.7 Å². The Labute approximate surface area is 103 Å². The van der Waals surface area contributed by atoms with E-state index in [0.717, 1.165) is 0 Å². The van der Waals surface area contributed by atoms with Crippen molar-refractivity contribution in [3.05, 3.63) is 34.3 Å². The highest BCUT2D eigenvalue weighted by Gasteiger charge is 2.26. The van der Waals surface area contributed by atoms with Gasteiger partial charge >= 0.3 is 6.18 Å². The molecule has 1 aromatic carbocycles. The summed E-state index contributed by atoms with van der Waals surface area (Å²) in [4.78, 5) is 0. The third-order valence-electron chi connectivity index (χ3n) is 2.61. The predicted octanol–water partition coefficient (Wildman–Crippen LogP) is 4.41. The number of aliphatic hydroxyl groups is 1. The van der Waals surface area contributed by atoms with Gasteiger partial charge in [0.05, 0.1) is 6.10 Å². The molecule has 0 aromatic heterocycles. The van der Waals surface area contributed by atoms with Crippen LogP contribution < -0.4 is 0 Å². The van der Waals surface area contributed by atoms with E-state index in [4.69, 9.17) is 11.6 Å². The van der Waals surface area contributed by atoms with E-state index in [1.165, 1.54) is 0 Å². The third kappa shape index (κ3) is 4.56. The first-order chi connectivity index (χ1) is 7.81. The monoisotopic (exact) mass is 266 g/mol. The van der Waals surface area contributed by atoms with Crippen LogP contribution in [0.25, 0.3) is 0 Å². The molecule has 0 saturated carbocycles. The number of benzene rings is 1. The van der Waals surface area contributed by atoms with Crippen LogP contribution in [0.1, 0.15) is 36.5 Å². The number of hydrogen-bond acceptors (Lipinski definition) is 1. The minimum absolute atomic E-state index is 0.0840. The van der Waals surface area contributed by atoms with Crippen molar-refractivity contribution in [3.63, 3.8) is 0 Å². The number of hydrogen-bond donors (Lipinski definition) is 1. The highest BCUT2D eigenvalue weighted by atomic mass is 35.5. The molecule has 0 fully saturated rings. The second-order valence-electron chi connectivity index (χ2n) is 3.98. The lowest BCUT2D eigenvalue weighted by molar-refractivity contribution is -0.136. The fourth-order valence-electron chi connectivity index (χ4n) is 1.64. The van der Waals surface area contributed by atoms with Gasteiger partial charge < -0.3 is 5.11 Å². The summed E-state index contributed by atoms with van der Waals surface area (Å²) >= 11 is 5.87. The van der Waals surface area contributed by atoms with Crippen LogP contribution in [0.15, 0.2) is 18.2 Å². The van der Waals surface area contributed by atoms with E-state index in [-0.39, 0.29) is 12.8 Å². The smallest absolute Gasteiger partial charge is 0.388 e. The van der Waals surface area contributed by atoms with E-state index in [1.807, 2.05) is 0 Å². The Morgan fingerprint density at radius 2 is 2.00 bits per heavy atom. The van der Waals surface area contributed by atoms with Crippen molar-refractivity contribution in [2.75, 3.05) is 0 Å². The molecule has 0 saturated heterocycles. The van der Waals surface area contributed by atoms with Crippen molar-refractivity contribution in [1.82, 2.24) is 0 Å². The Bertz CT molecular complexity index is 377. The first-order valence-corrected chi connectivity index (χ1v) is 5.69. The molecule has 0 radical (unpaired) electrons. The molecule has 0 amide bonds. The second-order valence-corrected chi connectivity index (χ2v) is 4.38. The van der Waals surface area contributed by atoms with Crippen LogP contribution in [0, 0.1) is 6.92 Å². The Morgan fingerprint density at radius 3 is 2.59 bits per heavy atom. The first-order valence-electron chi connectivity index (χ1n) is 5.31. The van der Waals surface area contributed by atoms with Gasteiger partial charge in [0.15, 0.2) is 0 Å². The molecule has 17 heavy (non-hydrogen) atoms. The highest BCUT2D eigenvalue weighted by molar-refractivity contribution is 6.31. The van der Waals surface area contributed by atoms with Crippen LogP contribution in [0.5, 0.6) is 0 Å². The fraction of sp³-hybridized carbons (Fsp3) is 0.500. The summed E-state index contributed by atoms with van der Waals surface area (Å²) in [6, 6.07) is 5.04. The summed E-state index contributed by atoms with van der Waals surface area (Å²) in [7, 11) is 0. The number of aliphatic hydroxyl groups excluding tert-OH is 1. The zero-order valence-corrected chi connectivity index (χ0v) is 10.1. The molecule has 0 heterocycles. The number of rotatable bonds is 4. The van der Waals surface area contributed by atoms with Crippen LogP contribution in [0.3, 0.4) is 0 Å². The van der Waals surface area contributed by atoms with Crippen molar-refractivity contribution in [2.45, 2.75) is 38.5 Å². The third-order valence-corrected chi connectivity index (χ3v) is 3.02. The van der Waals surface area contributed by atoms with Gasteiger partial charge in [0.1, 0.15) is 0 Å². The SMILES string of the molecule is Cc1c(Cl)cccc1C(O)CCCC(F)(F)F. The molecular weight excluding hydrogens is 253 g/mol. The first kappa shape index (κ1) is 14.3. The maximum Gasteiger partial charge on any atom is 0.389 e. The summed E-state index contributed by atoms with van der Waals surface area (Å²) in [5.41, 5.74) is 1.31. The second kappa shape index (κ2) is 5.74. The fourth-order valence-corrected chi connectivity index (χ4v) is 1.82. The molecule has 1 N–H and O–H groups in total. The minimum atomic E-state index is -4.16. The van der Waals surface area contributed by atoms with Crippen molar-refractivity contribution in [3.8, 4) is 0 Å². The van der Waals surface area contributed by atoms with Gasteiger partial charge in [-0.25, -0.2) is 0 Å². The molecule has 1 nitrogen and oxygen atoms in total. The lowest BCUT2D eigenvalue weighted by Gasteiger charge is -2.15. The van der Waals surface area contributed by atoms with Crippen molar-refractivity contribution >= 4 is 11.6 Å². The molecule has 0 bridgehead atoms. The molecule has 1 atom stereocenters. The average molecular weight is 267 g/mol. The molecule has 5 heteroatoms. The molecule has 0 aliphatic rings. The summed E-state index contributed by atoms with van der Waals surface area (Å²) in [5, 5.41) is 10.3. The molecular formula is C12H14ClF3O. The van der Waals surface area contributed by atoms with Crippen LogP contribution in [-0.4, -0.2) is 11.3 Å². The van der Waals surface area contributed by atoms with Gasteiger partial charge in [-0.3, -0.25) is 0 Å². The molecule has 1 aromatic rings. The number of alkyl halides is 3. The zero-order chi connectivity index (χ0) is 13.1. The van der Waals surface area contributed by atoms with E-state index in [0.29, 0.717) is 16.1 Å². The van der Waals surface area contributed by atoms with E-state index in [2.05, 4.69) is 0 Å². The predicted molar refractivity (Wildman–Crippen MR) is 61.1 cm³/mol. The normalized spacial score (nSPS) is 13.8. The topological polar surface area (TPSA) is 20.2 Å². The maximum atomic E-state index is 11.9. The van der Waals surface area contributed by atoms with Gasteiger partial charge in [0.25, 0.3) is 0 Å². The Morgan fingerprint density at radius 1 is 1.35 bits per heavy atom. The minimum Gasteiger partial charge on any atom is -0.388 e. The van der Waals surface area contributed by atoms with E-state index in [1.54, 1.807) is 25.1 Å². The summed E-state index contributed by atoms with van der Waals surface area (Å²) in [6.45, 7) is 1.74. The van der Waals surface area contributed by atoms with Gasteiger partial charge in [-0.15, -0.1) is 0 Å². The quantitative estimate of drug-likeness (QED) is 0.856. The largest absolute Gasteiger partial charge is 0.389 e. The summed E-state index contributed by atoms with van der Waals surface area (Å²) in [5.74, 6) is 0. The van der Waals surface area contributed by atoms with E-state index in [9.17, 15) is 18.3 Å². The molecule has 1 rings (SSSR count). The van der Waals surface area contributed by atoms with Crippen molar-refractivity contribution in [2.24, 2.45) is 0 Å². The maximum absolute atomic E-state index is 11.9. The lowest BCUT2D eigenvalue weighted by Crippen LogP contribution is -2.08. The van der Waals surface area contributed by atoms with Crippen LogP contribution in [0.2, 0.25) is 5.02 Å². The number of halogens is 4. The highest BCUT2D eigenvalue weighted by Crippen LogP contribution is 2.29. The lowest BCUT2D eigenvalue weighted by atomic mass is 9.99. The Balaban J connectivity index is 2.58.